The monoisotopic (exact) mass is 199 g/mol. The van der Waals surface area contributed by atoms with Crippen molar-refractivity contribution in [1.82, 2.24) is 10.9 Å². The van der Waals surface area contributed by atoms with Crippen LogP contribution in [0.5, 0.6) is 0 Å². The van der Waals surface area contributed by atoms with Crippen LogP contribution in [0.25, 0.3) is 0 Å². The number of alkyl halides is 1. The molecule has 0 radical (unpaired) electrons. The van der Waals surface area contributed by atoms with Crippen molar-refractivity contribution in [3.05, 3.63) is 0 Å². The number of hydrazine groups is 1. The van der Waals surface area contributed by atoms with E-state index in [1.807, 2.05) is 0 Å². The zero-order valence-electron chi connectivity index (χ0n) is 3.11. The number of hydrogen-bond acceptors (Lipinski definition) is 3. The minimum Gasteiger partial charge on any atom is -0.313 e. The standard InChI is InChI=1S/C2H6IN3/c3-1-2(4)6-5-1/h1-2,5-6H,4H2/t1?,2-/m1/s1. The summed E-state index contributed by atoms with van der Waals surface area (Å²) in [6, 6.07) is 0. The van der Waals surface area contributed by atoms with Crippen molar-refractivity contribution in [3.63, 3.8) is 0 Å². The van der Waals surface area contributed by atoms with Gasteiger partial charge in [-0.3, -0.25) is 0 Å². The molecule has 36 valence electrons. The summed E-state index contributed by atoms with van der Waals surface area (Å²) in [5, 5.41) is 0. The van der Waals surface area contributed by atoms with Crippen LogP contribution in [0.2, 0.25) is 0 Å². The molecule has 0 spiro atoms. The summed E-state index contributed by atoms with van der Waals surface area (Å²) >= 11 is 2.22. The van der Waals surface area contributed by atoms with E-state index in [1.54, 1.807) is 0 Å². The summed E-state index contributed by atoms with van der Waals surface area (Å²) in [5.74, 6) is 0. The van der Waals surface area contributed by atoms with E-state index in [1.165, 1.54) is 0 Å². The van der Waals surface area contributed by atoms with Gasteiger partial charge >= 0.3 is 0 Å². The van der Waals surface area contributed by atoms with Crippen molar-refractivity contribution in [2.24, 2.45) is 5.73 Å². The molecule has 4 heteroatoms. The maximum Gasteiger partial charge on any atom is 0.102 e. The largest absolute Gasteiger partial charge is 0.313 e. The number of nitrogens with two attached hydrogens (primary N) is 1. The summed E-state index contributed by atoms with van der Waals surface area (Å²) < 4.78 is 0.419. The molecule has 0 aromatic heterocycles. The molecule has 0 saturated carbocycles. The average molecular weight is 199 g/mol. The molecule has 1 heterocycles. The predicted molar refractivity (Wildman–Crippen MR) is 32.1 cm³/mol. The van der Waals surface area contributed by atoms with Crippen LogP contribution in [-0.2, 0) is 0 Å². The smallest absolute Gasteiger partial charge is 0.102 e. The lowest BCUT2D eigenvalue weighted by Gasteiger charge is -2.31. The van der Waals surface area contributed by atoms with Crippen LogP contribution in [0.3, 0.4) is 0 Å². The zero-order valence-corrected chi connectivity index (χ0v) is 5.27. The first-order valence-electron chi connectivity index (χ1n) is 1.71. The fourth-order valence-corrected chi connectivity index (χ4v) is 0.602. The van der Waals surface area contributed by atoms with Crippen LogP contribution in [0.15, 0.2) is 0 Å². The van der Waals surface area contributed by atoms with Gasteiger partial charge in [0.25, 0.3) is 0 Å². The van der Waals surface area contributed by atoms with Gasteiger partial charge in [-0.25, -0.2) is 10.9 Å². The zero-order chi connectivity index (χ0) is 4.57. The highest BCUT2D eigenvalue weighted by Gasteiger charge is 2.21. The van der Waals surface area contributed by atoms with Crippen LogP contribution in [0.1, 0.15) is 0 Å². The van der Waals surface area contributed by atoms with E-state index < -0.39 is 0 Å². The Bertz CT molecular complexity index is 48.8. The fraction of sp³-hybridized carbons (Fsp3) is 1.00. The Hall–Kier alpha value is 0.610. The Morgan fingerprint density at radius 1 is 1.50 bits per heavy atom. The maximum atomic E-state index is 5.34. The molecule has 0 amide bonds. The van der Waals surface area contributed by atoms with Gasteiger partial charge in [0.2, 0.25) is 0 Å². The Morgan fingerprint density at radius 2 is 2.00 bits per heavy atom. The van der Waals surface area contributed by atoms with E-state index in [4.69, 9.17) is 5.73 Å². The third-order valence-corrected chi connectivity index (χ3v) is 1.79. The molecule has 6 heavy (non-hydrogen) atoms. The Balaban J connectivity index is 2.20. The third kappa shape index (κ3) is 0.651. The molecule has 0 bridgehead atoms. The second kappa shape index (κ2) is 1.61. The molecule has 1 rings (SSSR count). The predicted octanol–water partition coefficient (Wildman–Crippen LogP) is -0.860. The van der Waals surface area contributed by atoms with E-state index in [9.17, 15) is 0 Å². The van der Waals surface area contributed by atoms with Crippen molar-refractivity contribution in [2.75, 3.05) is 0 Å². The van der Waals surface area contributed by atoms with Gasteiger partial charge in [-0.15, -0.1) is 0 Å². The summed E-state index contributed by atoms with van der Waals surface area (Å²) in [6.45, 7) is 0. The normalized spacial score (nSPS) is 45.0. The second-order valence-electron chi connectivity index (χ2n) is 1.22. The van der Waals surface area contributed by atoms with E-state index >= 15 is 0 Å². The van der Waals surface area contributed by atoms with Crippen molar-refractivity contribution in [1.29, 1.82) is 0 Å². The molecule has 1 aliphatic rings. The molecular weight excluding hydrogens is 193 g/mol. The topological polar surface area (TPSA) is 50.1 Å². The highest BCUT2D eigenvalue weighted by atomic mass is 127. The Morgan fingerprint density at radius 3 is 2.00 bits per heavy atom. The van der Waals surface area contributed by atoms with Crippen molar-refractivity contribution in [3.8, 4) is 0 Å². The first-order valence-corrected chi connectivity index (χ1v) is 2.96. The summed E-state index contributed by atoms with van der Waals surface area (Å²) in [4.78, 5) is 0. The fourth-order valence-electron chi connectivity index (χ4n) is 0.243. The van der Waals surface area contributed by atoms with Gasteiger partial charge in [0.05, 0.1) is 6.17 Å². The number of halogens is 1. The van der Waals surface area contributed by atoms with Gasteiger partial charge in [-0.1, -0.05) is 22.6 Å². The van der Waals surface area contributed by atoms with Crippen LogP contribution in [0.4, 0.5) is 0 Å². The molecule has 1 fully saturated rings. The van der Waals surface area contributed by atoms with Gasteiger partial charge in [0.15, 0.2) is 0 Å². The molecule has 4 N–H and O–H groups in total. The van der Waals surface area contributed by atoms with Crippen LogP contribution in [0, 0.1) is 0 Å². The van der Waals surface area contributed by atoms with Crippen molar-refractivity contribution < 1.29 is 0 Å². The summed E-state index contributed by atoms with van der Waals surface area (Å²) in [7, 11) is 0. The van der Waals surface area contributed by atoms with E-state index in [0.29, 0.717) is 4.05 Å². The Kier molecular flexibility index (Phi) is 1.28. The highest BCUT2D eigenvalue weighted by Crippen LogP contribution is 2.02. The number of rotatable bonds is 0. The molecular formula is C2H6IN3. The molecule has 0 aliphatic carbocycles. The first kappa shape index (κ1) is 4.76. The first-order chi connectivity index (χ1) is 2.80. The maximum absolute atomic E-state index is 5.34. The minimum atomic E-state index is 0.158. The SMILES string of the molecule is N[C@@H]1NNC1I. The van der Waals surface area contributed by atoms with Gasteiger partial charge in [0.1, 0.15) is 4.05 Å². The van der Waals surface area contributed by atoms with Crippen LogP contribution in [-0.4, -0.2) is 10.2 Å². The van der Waals surface area contributed by atoms with Crippen LogP contribution >= 0.6 is 22.6 Å². The van der Waals surface area contributed by atoms with Gasteiger partial charge < -0.3 is 5.73 Å². The molecule has 1 aliphatic heterocycles. The molecule has 1 saturated heterocycles. The number of nitrogens with one attached hydrogen (secondary N) is 2. The molecule has 0 aromatic rings. The summed E-state index contributed by atoms with van der Waals surface area (Å²) in [5.41, 5.74) is 11.0. The van der Waals surface area contributed by atoms with E-state index in [2.05, 4.69) is 33.4 Å². The lowest BCUT2D eigenvalue weighted by Crippen LogP contribution is -2.68. The molecule has 3 nitrogen and oxygen atoms in total. The second-order valence-corrected chi connectivity index (χ2v) is 2.56. The lowest BCUT2D eigenvalue weighted by molar-refractivity contribution is 0.292. The van der Waals surface area contributed by atoms with Gasteiger partial charge in [-0.05, 0) is 0 Å². The van der Waals surface area contributed by atoms with Crippen molar-refractivity contribution in [2.45, 2.75) is 10.2 Å². The molecule has 0 aromatic carbocycles. The van der Waals surface area contributed by atoms with Crippen molar-refractivity contribution >= 4 is 22.6 Å². The van der Waals surface area contributed by atoms with Gasteiger partial charge in [0, 0.05) is 0 Å². The third-order valence-electron chi connectivity index (χ3n) is 0.703. The van der Waals surface area contributed by atoms with Gasteiger partial charge in [-0.2, -0.15) is 0 Å². The highest BCUT2D eigenvalue weighted by molar-refractivity contribution is 14.1. The Labute approximate surface area is 49.8 Å². The average Bonchev–Trinajstić information content (AvgIpc) is 1.61. The van der Waals surface area contributed by atoms with E-state index in [0.717, 1.165) is 0 Å². The lowest BCUT2D eigenvalue weighted by atomic mass is 10.5. The van der Waals surface area contributed by atoms with E-state index in [-0.39, 0.29) is 6.17 Å². The van der Waals surface area contributed by atoms with Crippen LogP contribution < -0.4 is 16.6 Å². The minimum absolute atomic E-state index is 0.158. The number of hydrogen-bond donors (Lipinski definition) is 3. The molecule has 2 atom stereocenters. The quantitative estimate of drug-likeness (QED) is 0.270. The molecule has 1 unspecified atom stereocenters. The summed E-state index contributed by atoms with van der Waals surface area (Å²) in [6.07, 6.45) is 0.158.